The van der Waals surface area contributed by atoms with Crippen LogP contribution in [0.4, 0.5) is 0 Å². The van der Waals surface area contributed by atoms with Gasteiger partial charge in [0.1, 0.15) is 0 Å². The van der Waals surface area contributed by atoms with E-state index in [1.165, 1.54) is 11.4 Å². The van der Waals surface area contributed by atoms with Crippen molar-refractivity contribution in [2.75, 3.05) is 13.6 Å². The number of nitrogens with zero attached hydrogens (tertiary/aromatic N) is 1. The number of carbonyl (C=O) groups excluding carboxylic acids is 1. The largest absolute Gasteiger partial charge is 0.358 e. The first-order valence-corrected chi connectivity index (χ1v) is 6.65. The molecule has 2 atom stereocenters. The Balaban J connectivity index is 2.37. The second-order valence-corrected chi connectivity index (χ2v) is 6.56. The van der Waals surface area contributed by atoms with E-state index in [1.54, 1.807) is 0 Å². The van der Waals surface area contributed by atoms with Crippen molar-refractivity contribution in [2.45, 2.75) is 37.0 Å². The lowest BCUT2D eigenvalue weighted by molar-refractivity contribution is -0.120. The summed E-state index contributed by atoms with van der Waals surface area (Å²) >= 11 is 0. The number of rotatable bonds is 1. The van der Waals surface area contributed by atoms with Crippen molar-refractivity contribution in [2.24, 2.45) is 0 Å². The van der Waals surface area contributed by atoms with Gasteiger partial charge in [-0.1, -0.05) is 0 Å². The zero-order valence-electron chi connectivity index (χ0n) is 8.99. The van der Waals surface area contributed by atoms with Gasteiger partial charge in [0.25, 0.3) is 0 Å². The van der Waals surface area contributed by atoms with Crippen LogP contribution in [0.5, 0.6) is 0 Å². The summed E-state index contributed by atoms with van der Waals surface area (Å²) in [5, 5.41) is 1.54. The van der Waals surface area contributed by atoms with Gasteiger partial charge < -0.3 is 5.32 Å². The first-order chi connectivity index (χ1) is 6.92. The zero-order valence-corrected chi connectivity index (χ0v) is 9.80. The highest BCUT2D eigenvalue weighted by Crippen LogP contribution is 2.43. The predicted octanol–water partition coefficient (Wildman–Crippen LogP) is -0.311. The van der Waals surface area contributed by atoms with Crippen molar-refractivity contribution in [3.63, 3.8) is 0 Å². The minimum atomic E-state index is -3.41. The monoisotopic (exact) mass is 232 g/mol. The van der Waals surface area contributed by atoms with Gasteiger partial charge in [-0.3, -0.25) is 4.79 Å². The van der Waals surface area contributed by atoms with Gasteiger partial charge in [-0.05, 0) is 26.2 Å². The summed E-state index contributed by atoms with van der Waals surface area (Å²) in [6, 6.07) is 0. The molecule has 0 saturated carbocycles. The Labute approximate surface area is 89.9 Å². The van der Waals surface area contributed by atoms with Crippen molar-refractivity contribution in [1.29, 1.82) is 0 Å². The van der Waals surface area contributed by atoms with Gasteiger partial charge in [-0.15, -0.1) is 0 Å². The third kappa shape index (κ3) is 1.38. The third-order valence-electron chi connectivity index (χ3n) is 3.51. The Kier molecular flexibility index (Phi) is 2.31. The first kappa shape index (κ1) is 10.9. The average molecular weight is 232 g/mol. The van der Waals surface area contributed by atoms with Crippen LogP contribution in [0, 0.1) is 0 Å². The SMILES string of the molecule is CNC(=O)C1CC2(C)CCCN2S1(=O)=O. The molecule has 2 fully saturated rings. The molecule has 5 nitrogen and oxygen atoms in total. The lowest BCUT2D eigenvalue weighted by atomic mass is 9.94. The molecule has 6 heteroatoms. The minimum Gasteiger partial charge on any atom is -0.358 e. The van der Waals surface area contributed by atoms with Crippen molar-refractivity contribution < 1.29 is 13.2 Å². The van der Waals surface area contributed by atoms with Crippen molar-refractivity contribution in [3.8, 4) is 0 Å². The number of nitrogens with one attached hydrogen (secondary N) is 1. The van der Waals surface area contributed by atoms with Crippen LogP contribution in [0.25, 0.3) is 0 Å². The number of fused-ring (bicyclic) bond motifs is 1. The summed E-state index contributed by atoms with van der Waals surface area (Å²) in [7, 11) is -1.94. The lowest BCUT2D eigenvalue weighted by Crippen LogP contribution is -2.40. The topological polar surface area (TPSA) is 66.5 Å². The van der Waals surface area contributed by atoms with Crippen LogP contribution in [-0.4, -0.2) is 43.0 Å². The molecule has 2 aliphatic heterocycles. The van der Waals surface area contributed by atoms with Gasteiger partial charge in [0, 0.05) is 19.1 Å². The van der Waals surface area contributed by atoms with E-state index in [-0.39, 0.29) is 11.4 Å². The molecule has 2 rings (SSSR count). The molecule has 0 aromatic rings. The molecule has 1 amide bonds. The Morgan fingerprint density at radius 3 is 2.73 bits per heavy atom. The normalized spacial score (nSPS) is 38.9. The van der Waals surface area contributed by atoms with Crippen molar-refractivity contribution in [1.82, 2.24) is 9.62 Å². The van der Waals surface area contributed by atoms with Gasteiger partial charge in [0.15, 0.2) is 5.25 Å². The Morgan fingerprint density at radius 2 is 2.20 bits per heavy atom. The fourth-order valence-corrected chi connectivity index (χ4v) is 5.11. The molecule has 2 saturated heterocycles. The third-order valence-corrected chi connectivity index (χ3v) is 5.85. The second-order valence-electron chi connectivity index (χ2n) is 4.52. The molecule has 0 spiro atoms. The number of amides is 1. The van der Waals surface area contributed by atoms with Gasteiger partial charge in [-0.25, -0.2) is 8.42 Å². The highest BCUT2D eigenvalue weighted by atomic mass is 32.2. The summed E-state index contributed by atoms with van der Waals surface area (Å²) < 4.78 is 25.6. The van der Waals surface area contributed by atoms with E-state index in [0.29, 0.717) is 13.0 Å². The average Bonchev–Trinajstić information content (AvgIpc) is 2.63. The van der Waals surface area contributed by atoms with E-state index in [2.05, 4.69) is 5.32 Å². The highest BCUT2D eigenvalue weighted by Gasteiger charge is 2.57. The molecule has 0 radical (unpaired) electrons. The van der Waals surface area contributed by atoms with Crippen LogP contribution < -0.4 is 5.32 Å². The first-order valence-electron chi connectivity index (χ1n) is 5.15. The standard InChI is InChI=1S/C9H16N2O3S/c1-9-4-3-5-11(9)15(13,14)7(6-9)8(12)10-2/h7H,3-6H2,1-2H3,(H,10,12). The summed E-state index contributed by atoms with van der Waals surface area (Å²) in [5.74, 6) is -0.384. The van der Waals surface area contributed by atoms with Gasteiger partial charge in [-0.2, -0.15) is 4.31 Å². The van der Waals surface area contributed by atoms with Crippen molar-refractivity contribution >= 4 is 15.9 Å². The van der Waals surface area contributed by atoms with Crippen LogP contribution in [0.3, 0.4) is 0 Å². The molecule has 0 aromatic carbocycles. The van der Waals surface area contributed by atoms with Gasteiger partial charge in [0.2, 0.25) is 15.9 Å². The number of hydrogen-bond acceptors (Lipinski definition) is 3. The molecule has 1 N–H and O–H groups in total. The van der Waals surface area contributed by atoms with Crippen LogP contribution >= 0.6 is 0 Å². The van der Waals surface area contributed by atoms with E-state index >= 15 is 0 Å². The summed E-state index contributed by atoms with van der Waals surface area (Å²) in [6.45, 7) is 2.49. The predicted molar refractivity (Wildman–Crippen MR) is 55.7 cm³/mol. The second kappa shape index (κ2) is 3.18. The maximum absolute atomic E-state index is 12.0. The van der Waals surface area contributed by atoms with E-state index in [1.807, 2.05) is 6.92 Å². The number of hydrogen-bond donors (Lipinski definition) is 1. The van der Waals surface area contributed by atoms with Crippen LogP contribution in [-0.2, 0) is 14.8 Å². The zero-order chi connectivity index (χ0) is 11.3. The maximum atomic E-state index is 12.0. The molecule has 2 unspecified atom stereocenters. The summed E-state index contributed by atoms with van der Waals surface area (Å²) in [6.07, 6.45) is 2.19. The Morgan fingerprint density at radius 1 is 1.53 bits per heavy atom. The van der Waals surface area contributed by atoms with E-state index in [9.17, 15) is 13.2 Å². The molecular weight excluding hydrogens is 216 g/mol. The van der Waals surface area contributed by atoms with Crippen molar-refractivity contribution in [3.05, 3.63) is 0 Å². The van der Waals surface area contributed by atoms with Crippen LogP contribution in [0.1, 0.15) is 26.2 Å². The minimum absolute atomic E-state index is 0.323. The van der Waals surface area contributed by atoms with Gasteiger partial charge in [0.05, 0.1) is 0 Å². The fraction of sp³-hybridized carbons (Fsp3) is 0.889. The number of sulfonamides is 1. The molecule has 2 heterocycles. The fourth-order valence-electron chi connectivity index (χ4n) is 2.68. The smallest absolute Gasteiger partial charge is 0.239 e. The molecular formula is C9H16N2O3S. The van der Waals surface area contributed by atoms with E-state index in [0.717, 1.165) is 12.8 Å². The van der Waals surface area contributed by atoms with E-state index < -0.39 is 15.3 Å². The molecule has 0 aliphatic carbocycles. The number of carbonyl (C=O) groups is 1. The molecule has 86 valence electrons. The molecule has 2 aliphatic rings. The Bertz CT molecular complexity index is 392. The van der Waals surface area contributed by atoms with Crippen LogP contribution in [0.15, 0.2) is 0 Å². The molecule has 0 aromatic heterocycles. The molecule has 0 bridgehead atoms. The maximum Gasteiger partial charge on any atom is 0.239 e. The van der Waals surface area contributed by atoms with Crippen LogP contribution in [0.2, 0.25) is 0 Å². The summed E-state index contributed by atoms with van der Waals surface area (Å²) in [5.41, 5.74) is -0.323. The highest BCUT2D eigenvalue weighted by molar-refractivity contribution is 7.90. The lowest BCUT2D eigenvalue weighted by Gasteiger charge is -2.24. The molecule has 15 heavy (non-hydrogen) atoms. The summed E-state index contributed by atoms with van der Waals surface area (Å²) in [4.78, 5) is 11.5. The quantitative estimate of drug-likeness (QED) is 0.674. The Hall–Kier alpha value is -0.620. The van der Waals surface area contributed by atoms with Gasteiger partial charge >= 0.3 is 0 Å². The van der Waals surface area contributed by atoms with E-state index in [4.69, 9.17) is 0 Å².